The quantitative estimate of drug-likeness (QED) is 0.625. The van der Waals surface area contributed by atoms with Crippen molar-refractivity contribution in [3.63, 3.8) is 0 Å². The predicted octanol–water partition coefficient (Wildman–Crippen LogP) is 1.62. The largest absolute Gasteiger partial charge is 0.471 e. The number of alkyl halides is 3. The average molecular weight is 356 g/mol. The molecule has 0 atom stereocenters. The lowest BCUT2D eigenvalue weighted by Gasteiger charge is -2.09. The van der Waals surface area contributed by atoms with E-state index in [0.717, 1.165) is 0 Å². The first kappa shape index (κ1) is 18.6. The molecule has 1 aromatic carbocycles. The third-order valence-corrected chi connectivity index (χ3v) is 3.12. The van der Waals surface area contributed by atoms with Crippen molar-refractivity contribution in [3.05, 3.63) is 35.7 Å². The summed E-state index contributed by atoms with van der Waals surface area (Å²) in [6.07, 6.45) is -4.73. The number of hydrogen-bond donors (Lipinski definition) is 1. The smallest absolute Gasteiger partial charge is 0.348 e. The number of ketones is 1. The highest BCUT2D eigenvalue weighted by molar-refractivity contribution is 6.42. The van der Waals surface area contributed by atoms with E-state index in [1.54, 1.807) is 0 Å². The van der Waals surface area contributed by atoms with Crippen molar-refractivity contribution in [3.8, 4) is 11.4 Å². The average Bonchev–Trinajstić information content (AvgIpc) is 3.04. The minimum atomic E-state index is -4.73. The summed E-state index contributed by atoms with van der Waals surface area (Å²) in [5.74, 6) is -3.22. The van der Waals surface area contributed by atoms with E-state index >= 15 is 0 Å². The van der Waals surface area contributed by atoms with Crippen LogP contribution >= 0.6 is 0 Å². The highest BCUT2D eigenvalue weighted by Gasteiger charge is 2.38. The second-order valence-electron chi connectivity index (χ2n) is 5.39. The Labute approximate surface area is 140 Å². The number of benzene rings is 1. The lowest BCUT2D eigenvalue weighted by molar-refractivity contribution is -0.159. The van der Waals surface area contributed by atoms with Gasteiger partial charge in [-0.3, -0.25) is 9.59 Å². The Hall–Kier alpha value is -2.75. The number of carbonyl (C=O) groups is 2. The van der Waals surface area contributed by atoms with Crippen LogP contribution in [-0.4, -0.2) is 53.9 Å². The van der Waals surface area contributed by atoms with Crippen LogP contribution in [-0.2, 0) is 11.0 Å². The molecule has 0 aliphatic heterocycles. The van der Waals surface area contributed by atoms with Crippen LogP contribution in [0.3, 0.4) is 0 Å². The monoisotopic (exact) mass is 356 g/mol. The summed E-state index contributed by atoms with van der Waals surface area (Å²) in [5.41, 5.74) is 0.328. The van der Waals surface area contributed by atoms with Crippen LogP contribution in [0.1, 0.15) is 16.2 Å². The summed E-state index contributed by atoms with van der Waals surface area (Å²) in [7, 11) is 3.66. The van der Waals surface area contributed by atoms with Gasteiger partial charge in [-0.15, -0.1) is 0 Å². The Morgan fingerprint density at radius 3 is 2.36 bits per heavy atom. The zero-order valence-electron chi connectivity index (χ0n) is 13.4. The van der Waals surface area contributed by atoms with Gasteiger partial charge in [0.15, 0.2) is 0 Å². The maximum absolute atomic E-state index is 12.4. The van der Waals surface area contributed by atoms with Gasteiger partial charge in [-0.25, -0.2) is 0 Å². The first-order valence-electron chi connectivity index (χ1n) is 7.17. The summed E-state index contributed by atoms with van der Waals surface area (Å²) in [4.78, 5) is 28.8. The van der Waals surface area contributed by atoms with E-state index in [-0.39, 0.29) is 17.0 Å². The number of hydrogen-bond acceptors (Lipinski definition) is 6. The molecule has 1 N–H and O–H groups in total. The highest BCUT2D eigenvalue weighted by atomic mass is 19.4. The molecule has 2 rings (SSSR count). The SMILES string of the molecule is CN(C)CCNC(=O)C(=O)c1ccc(-c2noc(C(F)(F)F)n2)cc1. The molecule has 1 amide bonds. The number of carbonyl (C=O) groups excluding carboxylic acids is 2. The normalized spacial score (nSPS) is 11.6. The topological polar surface area (TPSA) is 88.3 Å². The molecule has 0 aliphatic rings. The van der Waals surface area contributed by atoms with Gasteiger partial charge in [0.1, 0.15) is 0 Å². The highest BCUT2D eigenvalue weighted by Crippen LogP contribution is 2.29. The van der Waals surface area contributed by atoms with Gasteiger partial charge < -0.3 is 14.7 Å². The van der Waals surface area contributed by atoms with Crippen LogP contribution in [0.25, 0.3) is 11.4 Å². The molecule has 0 radical (unpaired) electrons. The van der Waals surface area contributed by atoms with Gasteiger partial charge in [0, 0.05) is 24.2 Å². The maximum Gasteiger partial charge on any atom is 0.471 e. The van der Waals surface area contributed by atoms with Crippen LogP contribution in [0.2, 0.25) is 0 Å². The van der Waals surface area contributed by atoms with Gasteiger partial charge in [0.2, 0.25) is 11.6 Å². The lowest BCUT2D eigenvalue weighted by atomic mass is 10.1. The third-order valence-electron chi connectivity index (χ3n) is 3.12. The Kier molecular flexibility index (Phi) is 5.52. The fourth-order valence-corrected chi connectivity index (χ4v) is 1.83. The number of amides is 1. The molecule has 134 valence electrons. The Bertz CT molecular complexity index is 754. The molecule has 0 saturated heterocycles. The molecule has 0 bridgehead atoms. The summed E-state index contributed by atoms with van der Waals surface area (Å²) in [5, 5.41) is 5.73. The number of rotatable bonds is 6. The summed E-state index contributed by atoms with van der Waals surface area (Å²) in [6, 6.07) is 5.30. The van der Waals surface area contributed by atoms with Crippen molar-refractivity contribution in [2.45, 2.75) is 6.18 Å². The minimum Gasteiger partial charge on any atom is -0.348 e. The van der Waals surface area contributed by atoms with Crippen LogP contribution in [0.4, 0.5) is 13.2 Å². The number of halogens is 3. The summed E-state index contributed by atoms with van der Waals surface area (Å²) >= 11 is 0. The van der Waals surface area contributed by atoms with Crippen molar-refractivity contribution >= 4 is 11.7 Å². The van der Waals surface area contributed by atoms with Gasteiger partial charge in [-0.05, 0) is 14.1 Å². The molecular formula is C15H15F3N4O3. The van der Waals surface area contributed by atoms with Crippen molar-refractivity contribution in [2.24, 2.45) is 0 Å². The van der Waals surface area contributed by atoms with Crippen molar-refractivity contribution < 1.29 is 27.3 Å². The van der Waals surface area contributed by atoms with E-state index in [9.17, 15) is 22.8 Å². The molecule has 2 aromatic rings. The zero-order chi connectivity index (χ0) is 18.6. The van der Waals surface area contributed by atoms with Crippen LogP contribution < -0.4 is 5.32 Å². The molecule has 0 fully saturated rings. The zero-order valence-corrected chi connectivity index (χ0v) is 13.4. The van der Waals surface area contributed by atoms with E-state index < -0.39 is 23.8 Å². The first-order chi connectivity index (χ1) is 11.7. The molecule has 0 spiro atoms. The number of Topliss-reactive ketones (excluding diaryl/α,β-unsaturated/α-hetero) is 1. The standard InChI is InChI=1S/C15H15F3N4O3/c1-22(2)8-7-19-13(24)11(23)9-3-5-10(6-4-9)12-20-14(25-21-12)15(16,17)18/h3-6H,7-8H2,1-2H3,(H,19,24). The molecule has 7 nitrogen and oxygen atoms in total. The van der Waals surface area contributed by atoms with Crippen LogP contribution in [0.15, 0.2) is 28.8 Å². The fourth-order valence-electron chi connectivity index (χ4n) is 1.83. The molecule has 25 heavy (non-hydrogen) atoms. The molecule has 0 aliphatic carbocycles. The Morgan fingerprint density at radius 2 is 1.84 bits per heavy atom. The number of nitrogens with one attached hydrogen (secondary N) is 1. The van der Waals surface area contributed by atoms with E-state index in [1.165, 1.54) is 24.3 Å². The third kappa shape index (κ3) is 4.86. The van der Waals surface area contributed by atoms with E-state index in [2.05, 4.69) is 20.0 Å². The fraction of sp³-hybridized carbons (Fsp3) is 0.333. The minimum absolute atomic E-state index is 0.102. The predicted molar refractivity (Wildman–Crippen MR) is 80.6 cm³/mol. The van der Waals surface area contributed by atoms with Gasteiger partial charge in [-0.2, -0.15) is 18.2 Å². The molecule has 1 heterocycles. The molecule has 10 heteroatoms. The van der Waals surface area contributed by atoms with E-state index in [1.807, 2.05) is 19.0 Å². The first-order valence-corrected chi connectivity index (χ1v) is 7.17. The second kappa shape index (κ2) is 7.43. The molecular weight excluding hydrogens is 341 g/mol. The number of aromatic nitrogens is 2. The van der Waals surface area contributed by atoms with E-state index in [4.69, 9.17) is 0 Å². The van der Waals surface area contributed by atoms with Crippen LogP contribution in [0.5, 0.6) is 0 Å². The number of nitrogens with zero attached hydrogens (tertiary/aromatic N) is 3. The lowest BCUT2D eigenvalue weighted by Crippen LogP contribution is -2.35. The van der Waals surface area contributed by atoms with Gasteiger partial charge in [-0.1, -0.05) is 29.4 Å². The number of likely N-dealkylation sites (N-methyl/N-ethyl adjacent to an activating group) is 1. The van der Waals surface area contributed by atoms with Crippen molar-refractivity contribution in [2.75, 3.05) is 27.2 Å². The maximum atomic E-state index is 12.4. The molecule has 0 saturated carbocycles. The van der Waals surface area contributed by atoms with Crippen molar-refractivity contribution in [1.29, 1.82) is 0 Å². The summed E-state index contributed by atoms with van der Waals surface area (Å²) in [6.45, 7) is 0.899. The van der Waals surface area contributed by atoms with Gasteiger partial charge >= 0.3 is 12.1 Å². The Balaban J connectivity index is 2.05. The van der Waals surface area contributed by atoms with Gasteiger partial charge in [0.05, 0.1) is 0 Å². The summed E-state index contributed by atoms with van der Waals surface area (Å²) < 4.78 is 41.5. The molecule has 0 unspecified atom stereocenters. The van der Waals surface area contributed by atoms with Crippen LogP contribution in [0, 0.1) is 0 Å². The van der Waals surface area contributed by atoms with Crippen molar-refractivity contribution in [1.82, 2.24) is 20.4 Å². The van der Waals surface area contributed by atoms with Gasteiger partial charge in [0.25, 0.3) is 5.91 Å². The second-order valence-corrected chi connectivity index (χ2v) is 5.39. The van der Waals surface area contributed by atoms with E-state index in [0.29, 0.717) is 13.1 Å². The Morgan fingerprint density at radius 1 is 1.20 bits per heavy atom. The molecule has 1 aromatic heterocycles.